The molecule has 0 fully saturated rings. The van der Waals surface area contributed by atoms with Gasteiger partial charge in [-0.2, -0.15) is 26.3 Å². The van der Waals surface area contributed by atoms with Crippen molar-refractivity contribution < 1.29 is 30.7 Å². The zero-order chi connectivity index (χ0) is 29.2. The zero-order valence-corrected chi connectivity index (χ0v) is 22.0. The second-order valence-corrected chi connectivity index (χ2v) is 8.58. The van der Waals surface area contributed by atoms with Gasteiger partial charge in [0.25, 0.3) is 0 Å². The van der Waals surface area contributed by atoms with Crippen LogP contribution in [0.2, 0.25) is 5.02 Å². The standard InChI is InChI=1S/C16H16ClF4N3.C10H13F3N2/c1-2-23-8-24-14-7-10(16(19,20)21)6-11(15(14)22)9-3-4-13(18)12(17)5-9;1-2-14-9-7-8(10(11,12)13)5-3-4-6-15-9/h3-7,23-24H,2,8,22H2,1H3;4-6H,2-3,7H2,1H3,(H,14,15)/b;6-4?,8-5+. The van der Waals surface area contributed by atoms with Gasteiger partial charge in [0, 0.05) is 24.1 Å². The van der Waals surface area contributed by atoms with Gasteiger partial charge >= 0.3 is 12.4 Å². The lowest BCUT2D eigenvalue weighted by Gasteiger charge is -2.17. The summed E-state index contributed by atoms with van der Waals surface area (Å²) in [6.07, 6.45) is -4.23. The van der Waals surface area contributed by atoms with E-state index < -0.39 is 29.3 Å². The molecule has 3 rings (SSSR count). The molecule has 1 aliphatic heterocycles. The molecule has 5 nitrogen and oxygen atoms in total. The number of nitrogen functional groups attached to an aromatic ring is 1. The number of hydrogen-bond donors (Lipinski definition) is 4. The van der Waals surface area contributed by atoms with Crippen molar-refractivity contribution in [2.45, 2.75) is 39.0 Å². The van der Waals surface area contributed by atoms with E-state index in [0.717, 1.165) is 18.2 Å². The maximum atomic E-state index is 13.3. The minimum atomic E-state index is -4.54. The normalized spacial score (nSPS) is 16.4. The minimum Gasteiger partial charge on any atom is -0.397 e. The summed E-state index contributed by atoms with van der Waals surface area (Å²) in [7, 11) is 0. The Balaban J connectivity index is 0.000000306. The van der Waals surface area contributed by atoms with Gasteiger partial charge in [-0.05, 0) is 55.9 Å². The SMILES string of the molecule is CCN=C1C/C(C(F)(F)F)=C\CC=CN1.CCNCNc1cc(C(F)(F)F)cc(-c2ccc(F)c(Cl)c2)c1N. The minimum absolute atomic E-state index is 0.128. The first-order valence-corrected chi connectivity index (χ1v) is 12.3. The highest BCUT2D eigenvalue weighted by molar-refractivity contribution is 6.31. The smallest absolute Gasteiger partial charge is 0.397 e. The highest BCUT2D eigenvalue weighted by Crippen LogP contribution is 2.40. The molecule has 39 heavy (non-hydrogen) atoms. The number of hydrogen-bond acceptors (Lipinski definition) is 4. The Morgan fingerprint density at radius 3 is 2.36 bits per heavy atom. The van der Waals surface area contributed by atoms with Crippen molar-refractivity contribution in [1.82, 2.24) is 10.6 Å². The molecule has 1 aliphatic rings. The summed E-state index contributed by atoms with van der Waals surface area (Å²) >= 11 is 5.72. The van der Waals surface area contributed by atoms with Crippen LogP contribution in [-0.4, -0.2) is 31.8 Å². The van der Waals surface area contributed by atoms with Crippen molar-refractivity contribution in [3.05, 3.63) is 70.7 Å². The Labute approximate surface area is 227 Å². The Hall–Kier alpha value is -3.25. The summed E-state index contributed by atoms with van der Waals surface area (Å²) in [4.78, 5) is 3.96. The average molecular weight is 580 g/mol. The maximum Gasteiger partial charge on any atom is 0.416 e. The van der Waals surface area contributed by atoms with Crippen molar-refractivity contribution in [2.24, 2.45) is 4.99 Å². The van der Waals surface area contributed by atoms with E-state index in [4.69, 9.17) is 17.3 Å². The molecule has 5 N–H and O–H groups in total. The number of alkyl halides is 6. The van der Waals surface area contributed by atoms with Gasteiger partial charge in [-0.15, -0.1) is 0 Å². The topological polar surface area (TPSA) is 74.5 Å². The second-order valence-electron chi connectivity index (χ2n) is 8.18. The Kier molecular flexibility index (Phi) is 11.7. The number of nitrogens with two attached hydrogens (primary N) is 1. The molecule has 0 atom stereocenters. The van der Waals surface area contributed by atoms with E-state index in [1.807, 2.05) is 6.92 Å². The summed E-state index contributed by atoms with van der Waals surface area (Å²) in [6, 6.07) is 5.54. The molecule has 0 amide bonds. The Bertz CT molecular complexity index is 1200. The summed E-state index contributed by atoms with van der Waals surface area (Å²) in [5.74, 6) is -0.298. The van der Waals surface area contributed by atoms with E-state index in [1.54, 1.807) is 19.2 Å². The number of halogens is 8. The molecule has 2 aromatic rings. The predicted molar refractivity (Wildman–Crippen MR) is 142 cm³/mol. The molecule has 0 radical (unpaired) electrons. The van der Waals surface area contributed by atoms with Gasteiger partial charge < -0.3 is 21.7 Å². The van der Waals surface area contributed by atoms with Crippen LogP contribution in [0.4, 0.5) is 42.1 Å². The monoisotopic (exact) mass is 579 g/mol. The number of anilines is 2. The van der Waals surface area contributed by atoms with Gasteiger partial charge in [0.2, 0.25) is 0 Å². The van der Waals surface area contributed by atoms with Crippen molar-refractivity contribution in [2.75, 3.05) is 30.8 Å². The molecule has 0 aliphatic carbocycles. The van der Waals surface area contributed by atoms with E-state index in [0.29, 0.717) is 30.9 Å². The van der Waals surface area contributed by atoms with Crippen molar-refractivity contribution >= 4 is 28.8 Å². The molecular formula is C26H29ClF7N5. The highest BCUT2D eigenvalue weighted by atomic mass is 35.5. The summed E-state index contributed by atoms with van der Waals surface area (Å²) < 4.78 is 90.3. The molecule has 1 heterocycles. The number of nitrogens with zero attached hydrogens (tertiary/aromatic N) is 1. The molecule has 0 unspecified atom stereocenters. The number of rotatable bonds is 6. The first-order chi connectivity index (χ1) is 18.3. The van der Waals surface area contributed by atoms with Gasteiger partial charge in [-0.1, -0.05) is 36.7 Å². The molecule has 2 aromatic carbocycles. The van der Waals surface area contributed by atoms with Crippen LogP contribution >= 0.6 is 11.6 Å². The zero-order valence-electron chi connectivity index (χ0n) is 21.2. The van der Waals surface area contributed by atoms with Crippen LogP contribution in [0.1, 0.15) is 32.3 Å². The third-order valence-corrected chi connectivity index (χ3v) is 5.62. The van der Waals surface area contributed by atoms with Crippen LogP contribution < -0.4 is 21.7 Å². The molecule has 0 saturated heterocycles. The largest absolute Gasteiger partial charge is 0.416 e. The lowest BCUT2D eigenvalue weighted by molar-refractivity contribution is -0.137. The van der Waals surface area contributed by atoms with Crippen molar-refractivity contribution in [3.8, 4) is 11.1 Å². The lowest BCUT2D eigenvalue weighted by atomic mass is 9.99. The van der Waals surface area contributed by atoms with Crippen LogP contribution in [0.15, 0.2) is 59.2 Å². The van der Waals surface area contributed by atoms with Crippen LogP contribution in [0.5, 0.6) is 0 Å². The third-order valence-electron chi connectivity index (χ3n) is 5.33. The molecule has 0 aromatic heterocycles. The number of aliphatic imine (C=N–C) groups is 1. The van der Waals surface area contributed by atoms with Gasteiger partial charge in [0.15, 0.2) is 0 Å². The van der Waals surface area contributed by atoms with Gasteiger partial charge in [-0.25, -0.2) is 4.39 Å². The Morgan fingerprint density at radius 2 is 1.77 bits per heavy atom. The van der Waals surface area contributed by atoms with Gasteiger partial charge in [0.1, 0.15) is 11.7 Å². The first-order valence-electron chi connectivity index (χ1n) is 11.9. The molecule has 13 heteroatoms. The number of nitrogens with one attached hydrogen (secondary N) is 3. The lowest BCUT2D eigenvalue weighted by Crippen LogP contribution is -2.24. The van der Waals surface area contributed by atoms with Gasteiger partial charge in [0.05, 0.1) is 28.6 Å². The van der Waals surface area contributed by atoms with Gasteiger partial charge in [-0.3, -0.25) is 4.99 Å². The summed E-state index contributed by atoms with van der Waals surface area (Å²) in [6.45, 7) is 5.02. The molecule has 0 saturated carbocycles. The molecule has 0 bridgehead atoms. The second kappa shape index (κ2) is 14.2. The van der Waals surface area contributed by atoms with Crippen LogP contribution in [0.25, 0.3) is 11.1 Å². The van der Waals surface area contributed by atoms with Crippen molar-refractivity contribution in [3.63, 3.8) is 0 Å². The highest BCUT2D eigenvalue weighted by Gasteiger charge is 2.34. The Morgan fingerprint density at radius 1 is 1.05 bits per heavy atom. The fraction of sp³-hybridized carbons (Fsp3) is 0.346. The van der Waals surface area contributed by atoms with E-state index in [-0.39, 0.29) is 35.1 Å². The molecule has 0 spiro atoms. The van der Waals surface area contributed by atoms with Crippen LogP contribution in [-0.2, 0) is 6.18 Å². The van der Waals surface area contributed by atoms with Crippen LogP contribution in [0, 0.1) is 5.82 Å². The predicted octanol–water partition coefficient (Wildman–Crippen LogP) is 7.52. The fourth-order valence-corrected chi connectivity index (χ4v) is 3.57. The first kappa shape index (κ1) is 32.0. The maximum absolute atomic E-state index is 13.3. The fourth-order valence-electron chi connectivity index (χ4n) is 3.39. The number of allylic oxidation sites excluding steroid dienone is 2. The third kappa shape index (κ3) is 9.77. The summed E-state index contributed by atoms with van der Waals surface area (Å²) in [5, 5.41) is 8.32. The quantitative estimate of drug-likeness (QED) is 0.0939. The van der Waals surface area contributed by atoms with Crippen molar-refractivity contribution in [1.29, 1.82) is 0 Å². The van der Waals surface area contributed by atoms with Crippen LogP contribution in [0.3, 0.4) is 0 Å². The molecular weight excluding hydrogens is 551 g/mol. The van der Waals surface area contributed by atoms with E-state index in [1.165, 1.54) is 18.2 Å². The number of benzene rings is 2. The van der Waals surface area contributed by atoms with E-state index in [2.05, 4.69) is 20.9 Å². The van der Waals surface area contributed by atoms with E-state index >= 15 is 0 Å². The summed E-state index contributed by atoms with van der Waals surface area (Å²) in [5.41, 5.74) is 5.31. The molecule has 214 valence electrons. The number of amidine groups is 1. The average Bonchev–Trinajstić information content (AvgIpc) is 2.83. The van der Waals surface area contributed by atoms with E-state index in [9.17, 15) is 30.7 Å².